The molecule has 1 nitrogen and oxygen atoms in total. The molecule has 0 atom stereocenters. The highest BCUT2D eigenvalue weighted by atomic mass is 32.3. The first kappa shape index (κ1) is 57.8. The average molecular weight is 917 g/mol. The normalized spacial score (nSPS) is 11.2. The van der Waals surface area contributed by atoms with E-state index in [4.69, 9.17) is 0 Å². The number of aryl methyl sites for hydroxylation is 1. The molecule has 0 bridgehead atoms. The number of benzene rings is 6. The third-order valence-electron chi connectivity index (χ3n) is 11.4. The molecule has 0 aliphatic carbocycles. The van der Waals surface area contributed by atoms with Gasteiger partial charge in [0.05, 0.1) is 0 Å². The summed E-state index contributed by atoms with van der Waals surface area (Å²) in [6.07, 6.45) is 19.3. The van der Waals surface area contributed by atoms with Gasteiger partial charge in [-0.2, -0.15) is 0 Å². The van der Waals surface area contributed by atoms with Crippen LogP contribution >= 0.6 is 10.0 Å². The first-order valence-corrected chi connectivity index (χ1v) is 27.9. The molecule has 6 aromatic carbocycles. The van der Waals surface area contributed by atoms with E-state index in [1.165, 1.54) is 98.8 Å². The Kier molecular flexibility index (Phi) is 28.7. The number of hydrogen-bond acceptors (Lipinski definition) is 1. The lowest BCUT2D eigenvalue weighted by atomic mass is 9.93. The summed E-state index contributed by atoms with van der Waals surface area (Å²) in [6, 6.07) is 53.6. The van der Waals surface area contributed by atoms with Crippen molar-refractivity contribution >= 4 is 63.5 Å². The van der Waals surface area contributed by atoms with E-state index >= 15 is 0 Å². The molecule has 0 N–H and O–H groups in total. The molecule has 0 radical (unpaired) electrons. The van der Waals surface area contributed by atoms with Crippen molar-refractivity contribution in [1.82, 2.24) is 0 Å². The van der Waals surface area contributed by atoms with Gasteiger partial charge in [0, 0.05) is 17.1 Å². The molecule has 0 spiro atoms. The molecule has 0 aliphatic heterocycles. The largest absolute Gasteiger partial charge is 0.311 e. The van der Waals surface area contributed by atoms with E-state index in [0.717, 1.165) is 17.1 Å². The summed E-state index contributed by atoms with van der Waals surface area (Å²) < 4.78 is 0. The molecular weight excluding hydrogens is 827 g/mol. The number of hydrogen-bond donors (Lipinski definition) is 0. The molecule has 67 heavy (non-hydrogen) atoms. The molecule has 360 valence electrons. The van der Waals surface area contributed by atoms with Crippen LogP contribution < -0.4 is 4.90 Å². The van der Waals surface area contributed by atoms with Crippen LogP contribution in [0, 0.1) is 6.92 Å². The molecule has 0 amide bonds. The topological polar surface area (TPSA) is 3.24 Å². The fourth-order valence-corrected chi connectivity index (χ4v) is 10.5. The van der Waals surface area contributed by atoms with E-state index in [9.17, 15) is 0 Å². The molecule has 0 unspecified atom stereocenters. The highest BCUT2D eigenvalue weighted by Gasteiger charge is 2.20. The lowest BCUT2D eigenvalue weighted by Crippen LogP contribution is -2.09. The van der Waals surface area contributed by atoms with Gasteiger partial charge in [-0.1, -0.05) is 248 Å². The maximum absolute atomic E-state index is 2.36. The molecule has 0 aromatic heterocycles. The molecular formula is C65H89NS. The van der Waals surface area contributed by atoms with E-state index in [1.807, 2.05) is 13.8 Å². The Hall–Kier alpha value is -5.31. The fourth-order valence-electron chi connectivity index (χ4n) is 7.52. The Morgan fingerprint density at radius 1 is 0.358 bits per heavy atom. The van der Waals surface area contributed by atoms with Crippen LogP contribution in [0.4, 0.5) is 17.1 Å². The Balaban J connectivity index is 0.00000128. The second-order valence-corrected chi connectivity index (χ2v) is 21.1. The zero-order chi connectivity index (χ0) is 49.5. The van der Waals surface area contributed by atoms with Crippen molar-refractivity contribution in [3.8, 4) is 0 Å². The van der Waals surface area contributed by atoms with Crippen LogP contribution in [0.2, 0.25) is 0 Å². The van der Waals surface area contributed by atoms with Crippen molar-refractivity contribution in [2.75, 3.05) is 22.2 Å². The van der Waals surface area contributed by atoms with Crippen molar-refractivity contribution in [3.63, 3.8) is 0 Å². The highest BCUT2D eigenvalue weighted by molar-refractivity contribution is 8.33. The molecule has 2 heteroatoms. The van der Waals surface area contributed by atoms with Crippen LogP contribution in [0.5, 0.6) is 0 Å². The second-order valence-electron chi connectivity index (χ2n) is 16.8. The summed E-state index contributed by atoms with van der Waals surface area (Å²) in [5, 5.41) is 0. The van der Waals surface area contributed by atoms with E-state index in [0.29, 0.717) is 5.92 Å². The average Bonchev–Trinajstić information content (AvgIpc) is 3.37. The van der Waals surface area contributed by atoms with Crippen LogP contribution in [0.3, 0.4) is 0 Å². The standard InChI is InChI=1S/C54H59NS.3C3H8.C2H6/c1-7-49(8-2)50-32-22-44(23-33-50)17-19-46-26-36-52(37-27-46)55(51-34-24-45(25-35-51)18-16-43-14-12-42(6)13-15-43)53-38-28-47(29-39-53)20-21-48-30-40-54(41-31-48)56(9-3,10-4)11-5;3*1-3-2;1-2/h12-41,49H,7-11H2,1-6H3;3*3H2,1-2H3;1-2H3/b18-16+,19-17+,21-20+;;;;. The molecule has 0 heterocycles. The van der Waals surface area contributed by atoms with Gasteiger partial charge in [-0.05, 0) is 135 Å². The molecule has 0 saturated heterocycles. The monoisotopic (exact) mass is 916 g/mol. The minimum absolute atomic E-state index is 0.638. The van der Waals surface area contributed by atoms with Crippen LogP contribution in [0.25, 0.3) is 36.5 Å². The first-order valence-electron chi connectivity index (χ1n) is 25.8. The lowest BCUT2D eigenvalue weighted by molar-refractivity contribution is 0.642. The minimum Gasteiger partial charge on any atom is -0.311 e. The van der Waals surface area contributed by atoms with E-state index < -0.39 is 10.0 Å². The maximum atomic E-state index is 2.36. The minimum atomic E-state index is -0.708. The summed E-state index contributed by atoms with van der Waals surface area (Å²) in [7, 11) is -0.708. The highest BCUT2D eigenvalue weighted by Crippen LogP contribution is 2.54. The Morgan fingerprint density at radius 2 is 0.597 bits per heavy atom. The molecule has 6 aromatic rings. The van der Waals surface area contributed by atoms with Gasteiger partial charge in [-0.3, -0.25) is 0 Å². The zero-order valence-electron chi connectivity index (χ0n) is 44.4. The van der Waals surface area contributed by atoms with Gasteiger partial charge in [-0.15, -0.1) is 0 Å². The molecule has 0 aliphatic rings. The SMILES string of the molecule is CC.CCC.CCC.CCC.CCC(CC)c1ccc(/C=C/c2ccc(N(c3ccc(/C=C/c4ccc(C)cc4)cc3)c3ccc(/C=C/c4ccc(S(CC)(CC)CC)cc4)cc3)cc2)cc1. The molecule has 6 rings (SSSR count). The van der Waals surface area contributed by atoms with Crippen LogP contribution in [0.15, 0.2) is 150 Å². The lowest BCUT2D eigenvalue weighted by Gasteiger charge is -2.37. The van der Waals surface area contributed by atoms with E-state index in [-0.39, 0.29) is 0 Å². The molecule has 0 saturated carbocycles. The van der Waals surface area contributed by atoms with Gasteiger partial charge in [-0.25, -0.2) is 10.0 Å². The van der Waals surface area contributed by atoms with Crippen LogP contribution in [0.1, 0.15) is 173 Å². The quantitative estimate of drug-likeness (QED) is 0.0875. The third kappa shape index (κ3) is 19.1. The van der Waals surface area contributed by atoms with Gasteiger partial charge in [0.25, 0.3) is 0 Å². The van der Waals surface area contributed by atoms with Gasteiger partial charge in [0.2, 0.25) is 0 Å². The summed E-state index contributed by atoms with van der Waals surface area (Å²) in [6.45, 7) is 30.5. The van der Waals surface area contributed by atoms with Crippen LogP contribution in [-0.4, -0.2) is 17.3 Å². The fraction of sp³-hybridized carbons (Fsp3) is 0.354. The molecule has 0 fully saturated rings. The Labute approximate surface area is 413 Å². The van der Waals surface area contributed by atoms with E-state index in [1.54, 1.807) is 0 Å². The van der Waals surface area contributed by atoms with Crippen molar-refractivity contribution in [3.05, 3.63) is 190 Å². The summed E-state index contributed by atoms with van der Waals surface area (Å²) in [5.41, 5.74) is 13.2. The predicted molar refractivity (Wildman–Crippen MR) is 312 cm³/mol. The number of rotatable bonds is 16. The Bertz CT molecular complexity index is 2220. The van der Waals surface area contributed by atoms with Crippen molar-refractivity contribution in [2.45, 2.75) is 140 Å². The van der Waals surface area contributed by atoms with Gasteiger partial charge >= 0.3 is 0 Å². The summed E-state index contributed by atoms with van der Waals surface area (Å²) in [4.78, 5) is 3.88. The summed E-state index contributed by atoms with van der Waals surface area (Å²) >= 11 is 0. The van der Waals surface area contributed by atoms with Gasteiger partial charge in [0.1, 0.15) is 0 Å². The second kappa shape index (κ2) is 33.2. The van der Waals surface area contributed by atoms with Crippen molar-refractivity contribution in [1.29, 1.82) is 0 Å². The summed E-state index contributed by atoms with van der Waals surface area (Å²) in [5.74, 6) is 4.40. The van der Waals surface area contributed by atoms with Crippen molar-refractivity contribution < 1.29 is 0 Å². The number of nitrogens with zero attached hydrogens (tertiary/aromatic N) is 1. The Morgan fingerprint density at radius 3 is 0.851 bits per heavy atom. The maximum Gasteiger partial charge on any atom is 0.0462 e. The predicted octanol–water partition coefficient (Wildman–Crippen LogP) is 21.4. The third-order valence-corrected chi connectivity index (χ3v) is 16.0. The first-order chi connectivity index (χ1) is 32.6. The zero-order valence-corrected chi connectivity index (χ0v) is 45.2. The van der Waals surface area contributed by atoms with Crippen molar-refractivity contribution in [2.24, 2.45) is 0 Å². The number of anilines is 3. The van der Waals surface area contributed by atoms with Gasteiger partial charge < -0.3 is 4.90 Å². The van der Waals surface area contributed by atoms with Crippen LogP contribution in [-0.2, 0) is 0 Å². The van der Waals surface area contributed by atoms with Gasteiger partial charge in [0.15, 0.2) is 0 Å². The smallest absolute Gasteiger partial charge is 0.0462 e. The van der Waals surface area contributed by atoms with E-state index in [2.05, 4.69) is 270 Å².